The molecule has 1 heterocycles. The highest BCUT2D eigenvalue weighted by atomic mass is 35.5. The number of amides is 1. The van der Waals surface area contributed by atoms with Crippen molar-refractivity contribution in [2.24, 2.45) is 0 Å². The standard InChI is InChI=1S/C12H9Cl2NO2/c1-7-8(13)3-2-4-9(7)15-12(16)10-5-6-11(14)17-10/h2-6H,1H3,(H,15,16). The maximum Gasteiger partial charge on any atom is 0.291 e. The predicted octanol–water partition coefficient (Wildman–Crippen LogP) is 4.15. The topological polar surface area (TPSA) is 42.2 Å². The van der Waals surface area contributed by atoms with Gasteiger partial charge in [-0.15, -0.1) is 0 Å². The molecule has 0 saturated carbocycles. The molecule has 0 atom stereocenters. The lowest BCUT2D eigenvalue weighted by Gasteiger charge is -2.07. The Bertz CT molecular complexity index is 563. The molecule has 0 spiro atoms. The zero-order chi connectivity index (χ0) is 12.4. The third-order valence-corrected chi connectivity index (χ3v) is 2.93. The molecule has 3 nitrogen and oxygen atoms in total. The van der Waals surface area contributed by atoms with Crippen LogP contribution in [0.3, 0.4) is 0 Å². The average molecular weight is 270 g/mol. The number of hydrogen-bond acceptors (Lipinski definition) is 2. The van der Waals surface area contributed by atoms with E-state index in [9.17, 15) is 4.79 Å². The number of carbonyl (C=O) groups is 1. The SMILES string of the molecule is Cc1c(Cl)cccc1NC(=O)c1ccc(Cl)o1. The second kappa shape index (κ2) is 4.82. The maximum atomic E-state index is 11.8. The van der Waals surface area contributed by atoms with Crippen molar-refractivity contribution in [1.82, 2.24) is 0 Å². The quantitative estimate of drug-likeness (QED) is 0.890. The van der Waals surface area contributed by atoms with E-state index in [1.54, 1.807) is 18.2 Å². The molecule has 2 aromatic rings. The molecule has 0 unspecified atom stereocenters. The van der Waals surface area contributed by atoms with Gasteiger partial charge in [0.25, 0.3) is 5.91 Å². The minimum atomic E-state index is -0.359. The van der Waals surface area contributed by atoms with Gasteiger partial charge in [0.2, 0.25) is 0 Å². The molecule has 0 bridgehead atoms. The fraction of sp³-hybridized carbons (Fsp3) is 0.0833. The van der Waals surface area contributed by atoms with Crippen molar-refractivity contribution >= 4 is 34.8 Å². The van der Waals surface area contributed by atoms with E-state index < -0.39 is 0 Å². The van der Waals surface area contributed by atoms with Crippen LogP contribution in [0.5, 0.6) is 0 Å². The molecule has 0 aliphatic heterocycles. The molecular weight excluding hydrogens is 261 g/mol. The van der Waals surface area contributed by atoms with Crippen LogP contribution in [0.1, 0.15) is 16.1 Å². The fourth-order valence-electron chi connectivity index (χ4n) is 1.36. The van der Waals surface area contributed by atoms with E-state index in [1.165, 1.54) is 12.1 Å². The first-order valence-corrected chi connectivity index (χ1v) is 5.65. The van der Waals surface area contributed by atoms with Crippen molar-refractivity contribution in [3.63, 3.8) is 0 Å². The molecule has 1 N–H and O–H groups in total. The third-order valence-electron chi connectivity index (χ3n) is 2.31. The van der Waals surface area contributed by atoms with E-state index in [1.807, 2.05) is 6.92 Å². The lowest BCUT2D eigenvalue weighted by Crippen LogP contribution is -2.11. The first-order chi connectivity index (χ1) is 8.08. The second-order valence-electron chi connectivity index (χ2n) is 3.47. The van der Waals surface area contributed by atoms with Crippen molar-refractivity contribution in [2.45, 2.75) is 6.92 Å². The summed E-state index contributed by atoms with van der Waals surface area (Å²) in [5.41, 5.74) is 1.45. The molecule has 1 aromatic carbocycles. The van der Waals surface area contributed by atoms with Crippen LogP contribution in [-0.4, -0.2) is 5.91 Å². The van der Waals surface area contributed by atoms with E-state index in [4.69, 9.17) is 27.6 Å². The van der Waals surface area contributed by atoms with E-state index in [-0.39, 0.29) is 16.9 Å². The molecule has 0 fully saturated rings. The molecule has 88 valence electrons. The molecule has 0 aliphatic rings. The summed E-state index contributed by atoms with van der Waals surface area (Å²) in [7, 11) is 0. The van der Waals surface area contributed by atoms with E-state index in [0.717, 1.165) is 5.56 Å². The summed E-state index contributed by atoms with van der Waals surface area (Å²) in [6.45, 7) is 1.83. The van der Waals surface area contributed by atoms with Gasteiger partial charge in [0.1, 0.15) is 0 Å². The van der Waals surface area contributed by atoms with Gasteiger partial charge in [-0.3, -0.25) is 4.79 Å². The van der Waals surface area contributed by atoms with Gasteiger partial charge >= 0.3 is 0 Å². The van der Waals surface area contributed by atoms with Crippen LogP contribution >= 0.6 is 23.2 Å². The zero-order valence-electron chi connectivity index (χ0n) is 8.96. The van der Waals surface area contributed by atoms with Crippen molar-refractivity contribution in [2.75, 3.05) is 5.32 Å². The Balaban J connectivity index is 2.21. The van der Waals surface area contributed by atoms with Crippen LogP contribution in [0.2, 0.25) is 10.2 Å². The van der Waals surface area contributed by atoms with Gasteiger partial charge in [0, 0.05) is 10.7 Å². The molecule has 0 radical (unpaired) electrons. The van der Waals surface area contributed by atoms with Crippen molar-refractivity contribution in [3.8, 4) is 0 Å². The Morgan fingerprint density at radius 3 is 2.65 bits per heavy atom. The van der Waals surface area contributed by atoms with Gasteiger partial charge in [-0.25, -0.2) is 0 Å². The summed E-state index contributed by atoms with van der Waals surface area (Å²) >= 11 is 11.5. The summed E-state index contributed by atoms with van der Waals surface area (Å²) in [4.78, 5) is 11.8. The summed E-state index contributed by atoms with van der Waals surface area (Å²) in [6.07, 6.45) is 0. The molecule has 5 heteroatoms. The van der Waals surface area contributed by atoms with Crippen molar-refractivity contribution in [1.29, 1.82) is 0 Å². The zero-order valence-corrected chi connectivity index (χ0v) is 10.5. The summed E-state index contributed by atoms with van der Waals surface area (Å²) < 4.78 is 5.01. The van der Waals surface area contributed by atoms with E-state index in [2.05, 4.69) is 5.32 Å². The van der Waals surface area contributed by atoms with E-state index >= 15 is 0 Å². The normalized spacial score (nSPS) is 10.3. The molecule has 0 aliphatic carbocycles. The highest BCUT2D eigenvalue weighted by molar-refractivity contribution is 6.31. The van der Waals surface area contributed by atoms with Gasteiger partial charge in [-0.2, -0.15) is 0 Å². The fourth-order valence-corrected chi connectivity index (χ4v) is 1.68. The van der Waals surface area contributed by atoms with E-state index in [0.29, 0.717) is 10.7 Å². The molecule has 0 saturated heterocycles. The number of halogens is 2. The number of furan rings is 1. The lowest BCUT2D eigenvalue weighted by molar-refractivity contribution is 0.0996. The summed E-state index contributed by atoms with van der Waals surface area (Å²) in [6, 6.07) is 8.32. The highest BCUT2D eigenvalue weighted by Gasteiger charge is 2.12. The highest BCUT2D eigenvalue weighted by Crippen LogP contribution is 2.24. The number of anilines is 1. The third kappa shape index (κ3) is 2.62. The molecular formula is C12H9Cl2NO2. The number of rotatable bonds is 2. The minimum Gasteiger partial charge on any atom is -0.440 e. The molecule has 17 heavy (non-hydrogen) atoms. The van der Waals surface area contributed by atoms with Crippen LogP contribution in [0.15, 0.2) is 34.7 Å². The number of carbonyl (C=O) groups excluding carboxylic acids is 1. The Labute approximate surface area is 108 Å². The molecule has 1 amide bonds. The summed E-state index contributed by atoms with van der Waals surface area (Å²) in [5, 5.41) is 3.48. The Morgan fingerprint density at radius 2 is 2.00 bits per heavy atom. The first-order valence-electron chi connectivity index (χ1n) is 4.90. The summed E-state index contributed by atoms with van der Waals surface area (Å²) in [5.74, 6) is -0.198. The lowest BCUT2D eigenvalue weighted by atomic mass is 10.2. The van der Waals surface area contributed by atoms with Crippen LogP contribution < -0.4 is 5.32 Å². The predicted molar refractivity (Wildman–Crippen MR) is 67.9 cm³/mol. The Hall–Kier alpha value is -1.45. The van der Waals surface area contributed by atoms with Crippen LogP contribution in [0.25, 0.3) is 0 Å². The number of hydrogen-bond donors (Lipinski definition) is 1. The molecule has 1 aromatic heterocycles. The monoisotopic (exact) mass is 269 g/mol. The first kappa shape index (κ1) is 12.0. The maximum absolute atomic E-state index is 11.8. The minimum absolute atomic E-state index is 0.161. The van der Waals surface area contributed by atoms with Gasteiger partial charge < -0.3 is 9.73 Å². The number of benzene rings is 1. The van der Waals surface area contributed by atoms with Gasteiger partial charge in [-0.05, 0) is 48.4 Å². The van der Waals surface area contributed by atoms with Crippen LogP contribution in [0.4, 0.5) is 5.69 Å². The largest absolute Gasteiger partial charge is 0.440 e. The molecule has 2 rings (SSSR count). The second-order valence-corrected chi connectivity index (χ2v) is 4.25. The number of nitrogens with one attached hydrogen (secondary N) is 1. The smallest absolute Gasteiger partial charge is 0.291 e. The van der Waals surface area contributed by atoms with Gasteiger partial charge in [0.15, 0.2) is 11.0 Å². The van der Waals surface area contributed by atoms with Crippen molar-refractivity contribution < 1.29 is 9.21 Å². The van der Waals surface area contributed by atoms with Crippen molar-refractivity contribution in [3.05, 3.63) is 51.9 Å². The van der Waals surface area contributed by atoms with Crippen LogP contribution in [0, 0.1) is 6.92 Å². The van der Waals surface area contributed by atoms with Gasteiger partial charge in [0.05, 0.1) is 0 Å². The van der Waals surface area contributed by atoms with Gasteiger partial charge in [-0.1, -0.05) is 17.7 Å². The van der Waals surface area contributed by atoms with Crippen LogP contribution in [-0.2, 0) is 0 Å². The Morgan fingerprint density at radius 1 is 1.24 bits per heavy atom. The Kier molecular flexibility index (Phi) is 3.41. The average Bonchev–Trinajstić information content (AvgIpc) is 2.72.